The summed E-state index contributed by atoms with van der Waals surface area (Å²) < 4.78 is 10.5. The molecule has 2 rings (SSSR count). The lowest BCUT2D eigenvalue weighted by molar-refractivity contribution is 0.355. The molecule has 2 aromatic rings. The number of hydrogen-bond donors (Lipinski definition) is 2. The number of hydrogen-bond acceptors (Lipinski definition) is 6. The van der Waals surface area contributed by atoms with Gasteiger partial charge in [0.1, 0.15) is 5.82 Å². The molecule has 0 spiro atoms. The lowest BCUT2D eigenvalue weighted by atomic mass is 10.1. The summed E-state index contributed by atoms with van der Waals surface area (Å²) in [6.45, 7) is 6.24. The highest BCUT2D eigenvalue weighted by Gasteiger charge is 2.11. The van der Waals surface area contributed by atoms with E-state index in [9.17, 15) is 0 Å². The minimum atomic E-state index is -0.0606. The fourth-order valence-corrected chi connectivity index (χ4v) is 1.92. The summed E-state index contributed by atoms with van der Waals surface area (Å²) in [5.41, 5.74) is 0.764. The van der Waals surface area contributed by atoms with Gasteiger partial charge in [-0.05, 0) is 39.0 Å². The number of ether oxygens (including phenoxy) is 2. The van der Waals surface area contributed by atoms with Gasteiger partial charge in [0.15, 0.2) is 11.5 Å². The maximum absolute atomic E-state index is 5.29. The van der Waals surface area contributed by atoms with Crippen LogP contribution in [0.3, 0.4) is 0 Å². The monoisotopic (exact) mass is 302 g/mol. The van der Waals surface area contributed by atoms with Crippen LogP contribution in [0.5, 0.6) is 11.5 Å². The van der Waals surface area contributed by atoms with Crippen LogP contribution in [-0.4, -0.2) is 29.7 Å². The average molecular weight is 302 g/mol. The van der Waals surface area contributed by atoms with E-state index in [-0.39, 0.29) is 5.54 Å². The van der Waals surface area contributed by atoms with Gasteiger partial charge >= 0.3 is 0 Å². The Kier molecular flexibility index (Phi) is 4.70. The highest BCUT2D eigenvalue weighted by molar-refractivity contribution is 5.60. The highest BCUT2D eigenvalue weighted by atomic mass is 16.5. The molecule has 118 valence electrons. The Balaban J connectivity index is 2.18. The summed E-state index contributed by atoms with van der Waals surface area (Å²) in [7, 11) is 3.21. The molecule has 0 aliphatic rings. The summed E-state index contributed by atoms with van der Waals surface area (Å²) in [5.74, 6) is 2.61. The number of nitrogens with zero attached hydrogens (tertiary/aromatic N) is 2. The van der Waals surface area contributed by atoms with Crippen LogP contribution in [0.25, 0.3) is 0 Å². The third kappa shape index (κ3) is 4.25. The van der Waals surface area contributed by atoms with E-state index < -0.39 is 0 Å². The summed E-state index contributed by atoms with van der Waals surface area (Å²) in [6, 6.07) is 7.39. The largest absolute Gasteiger partial charge is 0.493 e. The van der Waals surface area contributed by atoms with Crippen LogP contribution >= 0.6 is 0 Å². The Labute approximate surface area is 130 Å². The number of anilines is 3. The molecule has 6 nitrogen and oxygen atoms in total. The fraction of sp³-hybridized carbons (Fsp3) is 0.375. The molecule has 1 heterocycles. The van der Waals surface area contributed by atoms with E-state index in [0.717, 1.165) is 11.5 Å². The molecule has 0 fully saturated rings. The van der Waals surface area contributed by atoms with Crippen LogP contribution < -0.4 is 20.1 Å². The molecule has 0 atom stereocenters. The molecule has 0 saturated heterocycles. The van der Waals surface area contributed by atoms with Crippen molar-refractivity contribution in [3.05, 3.63) is 30.5 Å². The highest BCUT2D eigenvalue weighted by Crippen LogP contribution is 2.30. The van der Waals surface area contributed by atoms with Crippen molar-refractivity contribution in [3.8, 4) is 11.5 Å². The molecule has 6 heteroatoms. The van der Waals surface area contributed by atoms with E-state index >= 15 is 0 Å². The van der Waals surface area contributed by atoms with Gasteiger partial charge in [0, 0.05) is 23.5 Å². The zero-order valence-electron chi connectivity index (χ0n) is 13.6. The van der Waals surface area contributed by atoms with E-state index in [1.54, 1.807) is 20.4 Å². The van der Waals surface area contributed by atoms with E-state index in [0.29, 0.717) is 17.4 Å². The van der Waals surface area contributed by atoms with Crippen molar-refractivity contribution in [2.75, 3.05) is 24.9 Å². The van der Waals surface area contributed by atoms with Gasteiger partial charge in [-0.15, -0.1) is 0 Å². The number of aromatic nitrogens is 2. The molecule has 1 aromatic heterocycles. The molecule has 1 aromatic carbocycles. The van der Waals surface area contributed by atoms with E-state index in [2.05, 4.69) is 41.4 Å². The average Bonchev–Trinajstić information content (AvgIpc) is 2.45. The summed E-state index contributed by atoms with van der Waals surface area (Å²) in [4.78, 5) is 8.67. The van der Waals surface area contributed by atoms with Gasteiger partial charge in [0.2, 0.25) is 5.95 Å². The maximum Gasteiger partial charge on any atom is 0.229 e. The zero-order valence-corrected chi connectivity index (χ0v) is 13.6. The third-order valence-corrected chi connectivity index (χ3v) is 2.80. The number of nitrogens with one attached hydrogen (secondary N) is 2. The number of benzene rings is 1. The molecule has 0 aliphatic heterocycles. The van der Waals surface area contributed by atoms with E-state index in [1.165, 1.54) is 0 Å². The second kappa shape index (κ2) is 6.51. The van der Waals surface area contributed by atoms with Crippen molar-refractivity contribution in [2.45, 2.75) is 26.3 Å². The molecule has 0 radical (unpaired) electrons. The van der Waals surface area contributed by atoms with Crippen LogP contribution in [-0.2, 0) is 0 Å². The second-order valence-corrected chi connectivity index (χ2v) is 5.84. The fourth-order valence-electron chi connectivity index (χ4n) is 1.92. The minimum absolute atomic E-state index is 0.0606. The Bertz CT molecular complexity index is 638. The standard InChI is InChI=1S/C16H22N4O2/c1-16(2,3)20-14-8-9-17-15(19-14)18-11-6-7-12(21-4)13(10-11)22-5/h6-10H,1-5H3,(H2,17,18,19,20). The van der Waals surface area contributed by atoms with Crippen molar-refractivity contribution < 1.29 is 9.47 Å². The Morgan fingerprint density at radius 3 is 2.36 bits per heavy atom. The van der Waals surface area contributed by atoms with Crippen molar-refractivity contribution in [2.24, 2.45) is 0 Å². The van der Waals surface area contributed by atoms with Gasteiger partial charge in [-0.3, -0.25) is 0 Å². The van der Waals surface area contributed by atoms with Gasteiger partial charge in [0.25, 0.3) is 0 Å². The zero-order chi connectivity index (χ0) is 16.2. The Morgan fingerprint density at radius 1 is 1.00 bits per heavy atom. The first kappa shape index (κ1) is 15.9. The van der Waals surface area contributed by atoms with Crippen molar-refractivity contribution in [1.82, 2.24) is 9.97 Å². The van der Waals surface area contributed by atoms with Crippen LogP contribution in [0.15, 0.2) is 30.5 Å². The molecule has 22 heavy (non-hydrogen) atoms. The first-order chi connectivity index (χ1) is 10.4. The Morgan fingerprint density at radius 2 is 1.73 bits per heavy atom. The van der Waals surface area contributed by atoms with E-state index in [4.69, 9.17) is 9.47 Å². The first-order valence-electron chi connectivity index (χ1n) is 7.01. The maximum atomic E-state index is 5.29. The molecule has 0 amide bonds. The van der Waals surface area contributed by atoms with Gasteiger partial charge in [-0.2, -0.15) is 4.98 Å². The molecule has 0 unspecified atom stereocenters. The van der Waals surface area contributed by atoms with Gasteiger partial charge < -0.3 is 20.1 Å². The van der Waals surface area contributed by atoms with Gasteiger partial charge in [0.05, 0.1) is 14.2 Å². The topological polar surface area (TPSA) is 68.3 Å². The van der Waals surface area contributed by atoms with Gasteiger partial charge in [-0.25, -0.2) is 4.98 Å². The van der Waals surface area contributed by atoms with Crippen LogP contribution in [0.4, 0.5) is 17.5 Å². The van der Waals surface area contributed by atoms with Crippen LogP contribution in [0.1, 0.15) is 20.8 Å². The predicted octanol–water partition coefficient (Wildman–Crippen LogP) is 3.45. The predicted molar refractivity (Wildman–Crippen MR) is 88.2 cm³/mol. The molecular formula is C16H22N4O2. The summed E-state index contributed by atoms with van der Waals surface area (Å²) in [5, 5.41) is 6.47. The van der Waals surface area contributed by atoms with Crippen molar-refractivity contribution in [1.29, 1.82) is 0 Å². The minimum Gasteiger partial charge on any atom is -0.493 e. The molecule has 0 saturated carbocycles. The number of rotatable bonds is 5. The number of methoxy groups -OCH3 is 2. The molecule has 2 N–H and O–H groups in total. The lowest BCUT2D eigenvalue weighted by Gasteiger charge is -2.21. The Hall–Kier alpha value is -2.50. The van der Waals surface area contributed by atoms with Gasteiger partial charge in [-0.1, -0.05) is 0 Å². The van der Waals surface area contributed by atoms with E-state index in [1.807, 2.05) is 24.3 Å². The molecule has 0 aliphatic carbocycles. The first-order valence-corrected chi connectivity index (χ1v) is 7.01. The second-order valence-electron chi connectivity index (χ2n) is 5.84. The van der Waals surface area contributed by atoms with Crippen molar-refractivity contribution >= 4 is 17.5 Å². The quantitative estimate of drug-likeness (QED) is 0.881. The van der Waals surface area contributed by atoms with Crippen LogP contribution in [0, 0.1) is 0 Å². The normalized spacial score (nSPS) is 11.0. The SMILES string of the molecule is COc1ccc(Nc2nccc(NC(C)(C)C)n2)cc1OC. The molecule has 0 bridgehead atoms. The lowest BCUT2D eigenvalue weighted by Crippen LogP contribution is -2.26. The third-order valence-electron chi connectivity index (χ3n) is 2.80. The van der Waals surface area contributed by atoms with Crippen LogP contribution in [0.2, 0.25) is 0 Å². The summed E-state index contributed by atoms with van der Waals surface area (Å²) >= 11 is 0. The smallest absolute Gasteiger partial charge is 0.229 e. The summed E-state index contributed by atoms with van der Waals surface area (Å²) in [6.07, 6.45) is 1.71. The molecular weight excluding hydrogens is 280 g/mol. The van der Waals surface area contributed by atoms with Crippen molar-refractivity contribution in [3.63, 3.8) is 0 Å².